The first-order chi connectivity index (χ1) is 18.8. The van der Waals surface area contributed by atoms with Gasteiger partial charge in [-0.25, -0.2) is 4.79 Å². The van der Waals surface area contributed by atoms with Gasteiger partial charge in [0.05, 0.1) is 33.3 Å². The van der Waals surface area contributed by atoms with E-state index in [2.05, 4.69) is 28.1 Å². The minimum atomic E-state index is -1.19. The molecule has 0 aliphatic heterocycles. The van der Waals surface area contributed by atoms with Crippen molar-refractivity contribution in [3.05, 3.63) is 98.5 Å². The topological polar surface area (TPSA) is 108 Å². The van der Waals surface area contributed by atoms with E-state index < -0.39 is 23.7 Å². The van der Waals surface area contributed by atoms with Crippen molar-refractivity contribution in [3.63, 3.8) is 0 Å². The van der Waals surface area contributed by atoms with Crippen molar-refractivity contribution in [1.29, 1.82) is 0 Å². The fourth-order valence-electron chi connectivity index (χ4n) is 5.51. The molecule has 2 atom stereocenters. The van der Waals surface area contributed by atoms with Crippen molar-refractivity contribution < 1.29 is 19.5 Å². The normalized spacial score (nSPS) is 16.7. The highest BCUT2D eigenvalue weighted by atomic mass is 35.5. The van der Waals surface area contributed by atoms with Gasteiger partial charge in [-0.3, -0.25) is 9.59 Å². The third-order valence-corrected chi connectivity index (χ3v) is 8.22. The van der Waals surface area contributed by atoms with Crippen LogP contribution in [0.4, 0.5) is 10.5 Å². The number of hydrogen-bond donors (Lipinski definition) is 4. The zero-order chi connectivity index (χ0) is 27.5. The number of fused-ring (bicyclic) bond motifs is 2. The number of nitrogens with one attached hydrogen (secondary N) is 3. The van der Waals surface area contributed by atoms with Crippen LogP contribution in [0, 0.1) is 5.92 Å². The number of amides is 2. The second kappa shape index (κ2) is 11.7. The lowest BCUT2D eigenvalue weighted by atomic mass is 9.97. The zero-order valence-corrected chi connectivity index (χ0v) is 22.7. The lowest BCUT2D eigenvalue weighted by Gasteiger charge is -2.19. The van der Waals surface area contributed by atoms with E-state index in [0.29, 0.717) is 5.69 Å². The molecule has 0 spiro atoms. The Kier molecular flexibility index (Phi) is 8.10. The maximum absolute atomic E-state index is 13.2. The molecule has 2 aliphatic carbocycles. The molecule has 2 aliphatic rings. The van der Waals surface area contributed by atoms with Crippen LogP contribution in [0.1, 0.15) is 51.5 Å². The standard InChI is InChI=1S/C30H29Cl2N3O4/c31-23-10-12-25(34-21-13-18-6-1-2-7-19(18)14-21)28(32)27(23)26(36)15-20(29(37)38)16-33-30(39)35-24-11-9-17-5-3-4-8-22(17)24/h1-8,10,12,20-21,24,34H,9,11,13-16H2,(H,37,38)(H2,33,35,39)/t20-,24+/m0/s1. The molecule has 0 unspecified atom stereocenters. The highest BCUT2D eigenvalue weighted by Gasteiger charge is 2.29. The number of benzene rings is 3. The molecule has 0 radical (unpaired) electrons. The number of carboxylic acids is 1. The molecule has 5 rings (SSSR count). The average molecular weight is 566 g/mol. The summed E-state index contributed by atoms with van der Waals surface area (Å²) < 4.78 is 0. The van der Waals surface area contributed by atoms with Gasteiger partial charge in [-0.2, -0.15) is 0 Å². The van der Waals surface area contributed by atoms with Crippen molar-refractivity contribution >= 4 is 46.7 Å². The predicted octanol–water partition coefficient (Wildman–Crippen LogP) is 5.83. The van der Waals surface area contributed by atoms with Crippen LogP contribution >= 0.6 is 23.2 Å². The lowest BCUT2D eigenvalue weighted by Crippen LogP contribution is -2.41. The van der Waals surface area contributed by atoms with Crippen molar-refractivity contribution in [1.82, 2.24) is 10.6 Å². The molecule has 4 N–H and O–H groups in total. The fraction of sp³-hybridized carbons (Fsp3) is 0.300. The Morgan fingerprint density at radius 2 is 1.59 bits per heavy atom. The minimum Gasteiger partial charge on any atom is -0.481 e. The van der Waals surface area contributed by atoms with Crippen molar-refractivity contribution in [2.75, 3.05) is 11.9 Å². The second-order valence-corrected chi connectivity index (χ2v) is 10.9. The van der Waals surface area contributed by atoms with E-state index in [-0.39, 0.29) is 40.7 Å². The van der Waals surface area contributed by atoms with E-state index in [0.717, 1.165) is 31.2 Å². The fourth-order valence-corrected chi connectivity index (χ4v) is 6.14. The number of aliphatic carboxylic acids is 1. The Labute approximate surface area is 236 Å². The third-order valence-electron chi connectivity index (χ3n) is 7.51. The quantitative estimate of drug-likeness (QED) is 0.244. The average Bonchev–Trinajstić information content (AvgIpc) is 3.51. The van der Waals surface area contributed by atoms with E-state index in [4.69, 9.17) is 23.2 Å². The summed E-state index contributed by atoms with van der Waals surface area (Å²) in [5.41, 5.74) is 5.46. The molecule has 202 valence electrons. The first kappa shape index (κ1) is 27.0. The van der Waals surface area contributed by atoms with Gasteiger partial charge in [-0.1, -0.05) is 71.7 Å². The van der Waals surface area contributed by atoms with Crippen molar-refractivity contribution in [3.8, 4) is 0 Å². The maximum atomic E-state index is 13.2. The Bertz CT molecular complexity index is 1400. The summed E-state index contributed by atoms with van der Waals surface area (Å²) in [6, 6.07) is 19.0. The number of carboxylic acid groups (broad SMARTS) is 1. The Balaban J connectivity index is 1.21. The number of rotatable bonds is 9. The monoisotopic (exact) mass is 565 g/mol. The third kappa shape index (κ3) is 6.05. The van der Waals surface area contributed by atoms with E-state index >= 15 is 0 Å². The van der Waals surface area contributed by atoms with Crippen LogP contribution in [0.2, 0.25) is 10.0 Å². The van der Waals surface area contributed by atoms with Crippen LogP contribution in [-0.2, 0) is 24.1 Å². The number of carbonyl (C=O) groups is 3. The molecular weight excluding hydrogens is 537 g/mol. The van der Waals surface area contributed by atoms with Crippen LogP contribution in [-0.4, -0.2) is 35.5 Å². The van der Waals surface area contributed by atoms with Gasteiger partial charge >= 0.3 is 12.0 Å². The Hall–Kier alpha value is -3.55. The number of anilines is 1. The van der Waals surface area contributed by atoms with Gasteiger partial charge < -0.3 is 21.1 Å². The van der Waals surface area contributed by atoms with Crippen molar-refractivity contribution in [2.24, 2.45) is 5.92 Å². The van der Waals surface area contributed by atoms with Gasteiger partial charge in [0, 0.05) is 19.0 Å². The van der Waals surface area contributed by atoms with Crippen LogP contribution in [0.5, 0.6) is 0 Å². The summed E-state index contributed by atoms with van der Waals surface area (Å²) in [4.78, 5) is 37.7. The molecule has 0 saturated carbocycles. The smallest absolute Gasteiger partial charge is 0.315 e. The van der Waals surface area contributed by atoms with E-state index in [9.17, 15) is 19.5 Å². The largest absolute Gasteiger partial charge is 0.481 e. The summed E-state index contributed by atoms with van der Waals surface area (Å²) >= 11 is 13.0. The Morgan fingerprint density at radius 1 is 0.923 bits per heavy atom. The summed E-state index contributed by atoms with van der Waals surface area (Å²) in [7, 11) is 0. The first-order valence-corrected chi connectivity index (χ1v) is 13.7. The summed E-state index contributed by atoms with van der Waals surface area (Å²) in [6.07, 6.45) is 2.96. The second-order valence-electron chi connectivity index (χ2n) is 10.1. The minimum absolute atomic E-state index is 0.0807. The predicted molar refractivity (Wildman–Crippen MR) is 152 cm³/mol. The van der Waals surface area contributed by atoms with Gasteiger partial charge in [-0.05, 0) is 60.1 Å². The van der Waals surface area contributed by atoms with E-state index in [1.54, 1.807) is 12.1 Å². The molecule has 3 aromatic rings. The highest BCUT2D eigenvalue weighted by molar-refractivity contribution is 6.41. The van der Waals surface area contributed by atoms with Crippen LogP contribution in [0.25, 0.3) is 0 Å². The Morgan fingerprint density at radius 3 is 2.28 bits per heavy atom. The molecule has 0 saturated heterocycles. The molecule has 0 fully saturated rings. The number of hydrogen-bond acceptors (Lipinski definition) is 4. The maximum Gasteiger partial charge on any atom is 0.315 e. The number of ketones is 1. The van der Waals surface area contributed by atoms with E-state index in [1.165, 1.54) is 16.7 Å². The first-order valence-electron chi connectivity index (χ1n) is 13.0. The number of carbonyl (C=O) groups excluding carboxylic acids is 2. The van der Waals surface area contributed by atoms with Gasteiger partial charge in [0.1, 0.15) is 0 Å². The van der Waals surface area contributed by atoms with Gasteiger partial charge in [-0.15, -0.1) is 0 Å². The summed E-state index contributed by atoms with van der Waals surface area (Å²) in [6.45, 7) is -0.214. The number of urea groups is 1. The zero-order valence-electron chi connectivity index (χ0n) is 21.2. The molecule has 0 heterocycles. The molecular formula is C30H29Cl2N3O4. The number of aryl methyl sites for hydroxylation is 1. The highest BCUT2D eigenvalue weighted by Crippen LogP contribution is 2.35. The van der Waals surface area contributed by atoms with E-state index in [1.807, 2.05) is 36.4 Å². The number of halogens is 2. The van der Waals surface area contributed by atoms with Crippen LogP contribution < -0.4 is 16.0 Å². The van der Waals surface area contributed by atoms with Gasteiger partial charge in [0.25, 0.3) is 0 Å². The molecule has 0 bridgehead atoms. The SMILES string of the molecule is O=C(NC[C@H](CC(=O)c1c(Cl)ccc(NC2Cc3ccccc3C2)c1Cl)C(=O)O)N[C@@H]1CCc2ccccc21. The summed E-state index contributed by atoms with van der Waals surface area (Å²) in [5.74, 6) is -2.84. The molecule has 0 aromatic heterocycles. The molecule has 9 heteroatoms. The summed E-state index contributed by atoms with van der Waals surface area (Å²) in [5, 5.41) is 19.0. The molecule has 2 amide bonds. The lowest BCUT2D eigenvalue weighted by molar-refractivity contribution is -0.141. The van der Waals surface area contributed by atoms with Gasteiger partial charge in [0.2, 0.25) is 0 Å². The molecule has 39 heavy (non-hydrogen) atoms. The molecule has 3 aromatic carbocycles. The van der Waals surface area contributed by atoms with Crippen molar-refractivity contribution in [2.45, 2.75) is 44.2 Å². The van der Waals surface area contributed by atoms with Crippen LogP contribution in [0.15, 0.2) is 60.7 Å². The van der Waals surface area contributed by atoms with Gasteiger partial charge in [0.15, 0.2) is 5.78 Å². The van der Waals surface area contributed by atoms with Crippen LogP contribution in [0.3, 0.4) is 0 Å². The molecule has 7 nitrogen and oxygen atoms in total. The number of Topliss-reactive ketones (excluding diaryl/α,β-unsaturated/α-hetero) is 1.